The molecular weight excluding hydrogens is 181 g/mol. The first-order valence-corrected chi connectivity index (χ1v) is 4.22. The first-order valence-electron chi connectivity index (χ1n) is 3.46. The molecule has 1 nitrogen and oxygen atoms in total. The second-order valence-electron chi connectivity index (χ2n) is 2.38. The smallest absolute Gasteiger partial charge is 0.147 e. The number of pyridine rings is 1. The number of hydrogen-bond acceptors (Lipinski definition) is 1. The van der Waals surface area contributed by atoms with Crippen LogP contribution >= 0.6 is 23.2 Å². The Balaban J connectivity index is 3.21. The van der Waals surface area contributed by atoms with Crippen molar-refractivity contribution in [3.8, 4) is 0 Å². The van der Waals surface area contributed by atoms with Crippen LogP contribution in [-0.2, 0) is 6.42 Å². The molecule has 0 amide bonds. The predicted molar refractivity (Wildman–Crippen MR) is 48.4 cm³/mol. The van der Waals surface area contributed by atoms with Gasteiger partial charge in [-0.25, -0.2) is 4.98 Å². The van der Waals surface area contributed by atoms with Crippen LogP contribution in [-0.4, -0.2) is 4.98 Å². The zero-order valence-electron chi connectivity index (χ0n) is 6.49. The molecule has 0 radical (unpaired) electrons. The van der Waals surface area contributed by atoms with Crippen molar-refractivity contribution < 1.29 is 0 Å². The largest absolute Gasteiger partial charge is 0.239 e. The predicted octanol–water partition coefficient (Wildman–Crippen LogP) is 3.26. The lowest BCUT2D eigenvalue weighted by Crippen LogP contribution is -1.92. The Morgan fingerprint density at radius 2 is 2.09 bits per heavy atom. The average molecular weight is 190 g/mol. The third kappa shape index (κ3) is 1.85. The van der Waals surface area contributed by atoms with Gasteiger partial charge in [0, 0.05) is 5.69 Å². The minimum Gasteiger partial charge on any atom is -0.239 e. The fraction of sp³-hybridized carbons (Fsp3) is 0.375. The van der Waals surface area contributed by atoms with Crippen molar-refractivity contribution in [2.75, 3.05) is 0 Å². The number of rotatable bonds is 1. The quantitative estimate of drug-likeness (QED) is 0.619. The molecule has 0 unspecified atom stereocenters. The van der Waals surface area contributed by atoms with Gasteiger partial charge in [0.25, 0.3) is 0 Å². The molecule has 0 atom stereocenters. The summed E-state index contributed by atoms with van der Waals surface area (Å²) in [6.45, 7) is 4.02. The molecule has 0 aliphatic heterocycles. The third-order valence-electron chi connectivity index (χ3n) is 1.56. The normalized spacial score (nSPS) is 10.2. The zero-order chi connectivity index (χ0) is 8.43. The maximum absolute atomic E-state index is 5.75. The summed E-state index contributed by atoms with van der Waals surface area (Å²) in [5, 5.41) is 0.926. The number of halogens is 2. The van der Waals surface area contributed by atoms with Gasteiger partial charge in [-0.05, 0) is 25.0 Å². The first-order chi connectivity index (χ1) is 5.15. The minimum atomic E-state index is 0.397. The van der Waals surface area contributed by atoms with Crippen LogP contribution in [0, 0.1) is 6.92 Å². The van der Waals surface area contributed by atoms with E-state index in [1.165, 1.54) is 0 Å². The molecule has 1 rings (SSSR count). The van der Waals surface area contributed by atoms with E-state index >= 15 is 0 Å². The standard InChI is InChI=1S/C8H9Cl2N/c1-3-7-5(2)4-6(9)8(10)11-7/h4H,3H2,1-2H3. The van der Waals surface area contributed by atoms with Gasteiger partial charge >= 0.3 is 0 Å². The molecule has 1 aromatic rings. The van der Waals surface area contributed by atoms with Crippen LogP contribution in [0.1, 0.15) is 18.2 Å². The van der Waals surface area contributed by atoms with Crippen LogP contribution in [0.2, 0.25) is 10.2 Å². The van der Waals surface area contributed by atoms with Crippen LogP contribution in [0.15, 0.2) is 6.07 Å². The fourth-order valence-electron chi connectivity index (χ4n) is 0.951. The number of aryl methyl sites for hydroxylation is 2. The Morgan fingerprint density at radius 1 is 1.45 bits per heavy atom. The maximum atomic E-state index is 5.75. The Labute approximate surface area is 76.4 Å². The highest BCUT2D eigenvalue weighted by Crippen LogP contribution is 2.22. The highest BCUT2D eigenvalue weighted by atomic mass is 35.5. The summed E-state index contributed by atoms with van der Waals surface area (Å²) >= 11 is 11.5. The number of nitrogens with zero attached hydrogens (tertiary/aromatic N) is 1. The SMILES string of the molecule is CCc1nc(Cl)c(Cl)cc1C. The monoisotopic (exact) mass is 189 g/mol. The lowest BCUT2D eigenvalue weighted by atomic mass is 10.2. The molecular formula is C8H9Cl2N. The maximum Gasteiger partial charge on any atom is 0.147 e. The van der Waals surface area contributed by atoms with Gasteiger partial charge in [0.05, 0.1) is 5.02 Å². The van der Waals surface area contributed by atoms with E-state index in [4.69, 9.17) is 23.2 Å². The van der Waals surface area contributed by atoms with Gasteiger partial charge in [0.15, 0.2) is 0 Å². The fourth-order valence-corrected chi connectivity index (χ4v) is 1.31. The molecule has 0 bridgehead atoms. The molecule has 0 fully saturated rings. The van der Waals surface area contributed by atoms with Crippen LogP contribution in [0.4, 0.5) is 0 Å². The second kappa shape index (κ2) is 3.42. The van der Waals surface area contributed by atoms with E-state index in [2.05, 4.69) is 4.98 Å². The van der Waals surface area contributed by atoms with Crippen molar-refractivity contribution >= 4 is 23.2 Å². The highest BCUT2D eigenvalue weighted by Gasteiger charge is 2.03. The van der Waals surface area contributed by atoms with Crippen LogP contribution < -0.4 is 0 Å². The molecule has 0 aliphatic rings. The molecule has 11 heavy (non-hydrogen) atoms. The highest BCUT2D eigenvalue weighted by molar-refractivity contribution is 6.41. The Kier molecular flexibility index (Phi) is 2.74. The van der Waals surface area contributed by atoms with Crippen molar-refractivity contribution in [3.63, 3.8) is 0 Å². The number of hydrogen-bond donors (Lipinski definition) is 0. The lowest BCUT2D eigenvalue weighted by molar-refractivity contribution is 1.01. The van der Waals surface area contributed by atoms with Crippen LogP contribution in [0.25, 0.3) is 0 Å². The second-order valence-corrected chi connectivity index (χ2v) is 3.14. The van der Waals surface area contributed by atoms with E-state index in [9.17, 15) is 0 Å². The van der Waals surface area contributed by atoms with E-state index in [0.717, 1.165) is 17.7 Å². The van der Waals surface area contributed by atoms with E-state index in [1.807, 2.05) is 19.9 Å². The van der Waals surface area contributed by atoms with Crippen molar-refractivity contribution in [3.05, 3.63) is 27.5 Å². The average Bonchev–Trinajstić information content (AvgIpc) is 1.97. The van der Waals surface area contributed by atoms with Crippen molar-refractivity contribution in [2.24, 2.45) is 0 Å². The molecule has 0 spiro atoms. The van der Waals surface area contributed by atoms with Gasteiger partial charge in [-0.15, -0.1) is 0 Å². The first kappa shape index (κ1) is 8.82. The van der Waals surface area contributed by atoms with Crippen molar-refractivity contribution in [1.82, 2.24) is 4.98 Å². The summed E-state index contributed by atoms with van der Waals surface area (Å²) < 4.78 is 0. The molecule has 0 aromatic carbocycles. The Morgan fingerprint density at radius 3 is 2.64 bits per heavy atom. The summed E-state index contributed by atoms with van der Waals surface area (Å²) in [5.41, 5.74) is 2.11. The van der Waals surface area contributed by atoms with E-state index in [0.29, 0.717) is 10.2 Å². The van der Waals surface area contributed by atoms with Crippen molar-refractivity contribution in [2.45, 2.75) is 20.3 Å². The van der Waals surface area contributed by atoms with E-state index < -0.39 is 0 Å². The van der Waals surface area contributed by atoms with Gasteiger partial charge in [-0.1, -0.05) is 30.1 Å². The Hall–Kier alpha value is -0.270. The molecule has 1 aromatic heterocycles. The van der Waals surface area contributed by atoms with Gasteiger partial charge in [0.2, 0.25) is 0 Å². The van der Waals surface area contributed by atoms with Crippen LogP contribution in [0.3, 0.4) is 0 Å². The molecule has 3 heteroatoms. The molecule has 1 heterocycles. The summed E-state index contributed by atoms with van der Waals surface area (Å²) in [5.74, 6) is 0. The summed E-state index contributed by atoms with van der Waals surface area (Å²) in [7, 11) is 0. The molecule has 0 saturated carbocycles. The van der Waals surface area contributed by atoms with Gasteiger partial charge in [0.1, 0.15) is 5.15 Å². The topological polar surface area (TPSA) is 12.9 Å². The van der Waals surface area contributed by atoms with Gasteiger partial charge in [-0.3, -0.25) is 0 Å². The van der Waals surface area contributed by atoms with Gasteiger partial charge < -0.3 is 0 Å². The van der Waals surface area contributed by atoms with Crippen molar-refractivity contribution in [1.29, 1.82) is 0 Å². The van der Waals surface area contributed by atoms with E-state index in [1.54, 1.807) is 0 Å². The lowest BCUT2D eigenvalue weighted by Gasteiger charge is -2.02. The molecule has 0 aliphatic carbocycles. The summed E-state index contributed by atoms with van der Waals surface area (Å²) in [6, 6.07) is 1.84. The zero-order valence-corrected chi connectivity index (χ0v) is 8.00. The van der Waals surface area contributed by atoms with Gasteiger partial charge in [-0.2, -0.15) is 0 Å². The third-order valence-corrected chi connectivity index (χ3v) is 2.24. The molecule has 60 valence electrons. The Bertz CT molecular complexity index is 271. The minimum absolute atomic E-state index is 0.397. The summed E-state index contributed by atoms with van der Waals surface area (Å²) in [4.78, 5) is 4.12. The molecule has 0 saturated heterocycles. The van der Waals surface area contributed by atoms with E-state index in [-0.39, 0.29) is 0 Å². The summed E-state index contributed by atoms with van der Waals surface area (Å²) in [6.07, 6.45) is 0.892. The number of aromatic nitrogens is 1. The molecule has 0 N–H and O–H groups in total. The van der Waals surface area contributed by atoms with Crippen LogP contribution in [0.5, 0.6) is 0 Å².